The molecule has 2 N–H and O–H groups in total. The van der Waals surface area contributed by atoms with Gasteiger partial charge in [0.25, 0.3) is 0 Å². The minimum absolute atomic E-state index is 0.166. The van der Waals surface area contributed by atoms with E-state index in [9.17, 15) is 4.39 Å². The van der Waals surface area contributed by atoms with Crippen LogP contribution in [0.2, 0.25) is 0 Å². The third-order valence-corrected chi connectivity index (χ3v) is 2.62. The number of hydrogen-bond donors (Lipinski definition) is 1. The van der Waals surface area contributed by atoms with E-state index in [-0.39, 0.29) is 12.4 Å². The summed E-state index contributed by atoms with van der Waals surface area (Å²) in [6.07, 6.45) is 0. The van der Waals surface area contributed by atoms with Crippen molar-refractivity contribution in [3.8, 4) is 5.75 Å². The van der Waals surface area contributed by atoms with E-state index in [0.29, 0.717) is 28.4 Å². The van der Waals surface area contributed by atoms with Gasteiger partial charge in [-0.1, -0.05) is 6.07 Å². The van der Waals surface area contributed by atoms with Crippen molar-refractivity contribution in [3.05, 3.63) is 54.2 Å². The Balaban J connectivity index is 1.78. The molecule has 1 heterocycles. The Bertz CT molecular complexity index is 724. The Hall–Kier alpha value is -2.56. The molecule has 5 heteroatoms. The summed E-state index contributed by atoms with van der Waals surface area (Å²) in [5, 5.41) is 0. The molecule has 0 aliphatic heterocycles. The van der Waals surface area contributed by atoms with Crippen LogP contribution in [0.25, 0.3) is 11.1 Å². The first-order valence-corrected chi connectivity index (χ1v) is 5.74. The van der Waals surface area contributed by atoms with Gasteiger partial charge in [-0.15, -0.1) is 0 Å². The smallest absolute Gasteiger partial charge is 0.233 e. The second-order valence-electron chi connectivity index (χ2n) is 4.08. The molecule has 0 atom stereocenters. The van der Waals surface area contributed by atoms with Crippen LogP contribution in [0.15, 0.2) is 46.9 Å². The predicted octanol–water partition coefficient (Wildman–Crippen LogP) is 3.13. The summed E-state index contributed by atoms with van der Waals surface area (Å²) in [6, 6.07) is 11.3. The highest BCUT2D eigenvalue weighted by Gasteiger charge is 2.07. The zero-order valence-corrected chi connectivity index (χ0v) is 9.97. The first-order valence-electron chi connectivity index (χ1n) is 5.74. The number of aromatic nitrogens is 1. The quantitative estimate of drug-likeness (QED) is 0.733. The summed E-state index contributed by atoms with van der Waals surface area (Å²) in [7, 11) is 0. The van der Waals surface area contributed by atoms with E-state index >= 15 is 0 Å². The lowest BCUT2D eigenvalue weighted by Crippen LogP contribution is -1.96. The molecule has 0 radical (unpaired) electrons. The van der Waals surface area contributed by atoms with Crippen molar-refractivity contribution >= 4 is 16.8 Å². The number of hydrogen-bond acceptors (Lipinski definition) is 4. The number of nitrogens with zero attached hydrogens (tertiary/aromatic N) is 1. The van der Waals surface area contributed by atoms with Gasteiger partial charge in [-0.3, -0.25) is 0 Å². The minimum Gasteiger partial charge on any atom is -0.484 e. The molecule has 19 heavy (non-hydrogen) atoms. The van der Waals surface area contributed by atoms with Crippen LogP contribution in [0, 0.1) is 5.82 Å². The third kappa shape index (κ3) is 2.49. The Morgan fingerprint density at radius 1 is 1.21 bits per heavy atom. The molecule has 0 saturated heterocycles. The van der Waals surface area contributed by atoms with Crippen molar-refractivity contribution in [1.29, 1.82) is 0 Å². The fourth-order valence-electron chi connectivity index (χ4n) is 1.76. The molecule has 0 saturated carbocycles. The number of anilines is 1. The van der Waals surface area contributed by atoms with E-state index in [1.54, 1.807) is 30.3 Å². The van der Waals surface area contributed by atoms with Crippen LogP contribution >= 0.6 is 0 Å². The molecule has 0 amide bonds. The molecule has 0 aliphatic carbocycles. The monoisotopic (exact) mass is 258 g/mol. The maximum absolute atomic E-state index is 13.0. The average molecular weight is 258 g/mol. The SMILES string of the molecule is Nc1cccc(OCc2nc3ccc(F)cc3o2)c1. The molecule has 0 bridgehead atoms. The van der Waals surface area contributed by atoms with Crippen molar-refractivity contribution in [2.75, 3.05) is 5.73 Å². The Morgan fingerprint density at radius 3 is 2.95 bits per heavy atom. The lowest BCUT2D eigenvalue weighted by atomic mass is 10.3. The standard InChI is InChI=1S/C14H11FN2O2/c15-9-4-5-12-13(6-9)19-14(17-12)8-18-11-3-1-2-10(16)7-11/h1-7H,8,16H2. The van der Waals surface area contributed by atoms with Crippen LogP contribution in [0.3, 0.4) is 0 Å². The minimum atomic E-state index is -0.355. The van der Waals surface area contributed by atoms with Crippen LogP contribution in [0.1, 0.15) is 5.89 Å². The third-order valence-electron chi connectivity index (χ3n) is 2.62. The van der Waals surface area contributed by atoms with E-state index in [1.165, 1.54) is 12.1 Å². The number of halogens is 1. The van der Waals surface area contributed by atoms with E-state index in [4.69, 9.17) is 14.9 Å². The molecule has 96 valence electrons. The fourth-order valence-corrected chi connectivity index (χ4v) is 1.76. The second kappa shape index (κ2) is 4.61. The number of nitrogens with two attached hydrogens (primary N) is 1. The maximum Gasteiger partial charge on any atom is 0.233 e. The summed E-state index contributed by atoms with van der Waals surface area (Å²) in [5.41, 5.74) is 7.28. The molecule has 3 rings (SSSR count). The number of rotatable bonds is 3. The fraction of sp³-hybridized carbons (Fsp3) is 0.0714. The van der Waals surface area contributed by atoms with Gasteiger partial charge in [0, 0.05) is 17.8 Å². The van der Waals surface area contributed by atoms with Gasteiger partial charge in [-0.25, -0.2) is 9.37 Å². The summed E-state index contributed by atoms with van der Waals surface area (Å²) in [5.74, 6) is 0.670. The number of ether oxygens (including phenoxy) is 1. The Labute approximate surface area is 108 Å². The molecule has 0 aliphatic rings. The lowest BCUT2D eigenvalue weighted by molar-refractivity contribution is 0.267. The summed E-state index contributed by atoms with van der Waals surface area (Å²) >= 11 is 0. The number of nitrogen functional groups attached to an aromatic ring is 1. The van der Waals surface area contributed by atoms with Crippen LogP contribution in [0.4, 0.5) is 10.1 Å². The van der Waals surface area contributed by atoms with Crippen LogP contribution in [-0.2, 0) is 6.61 Å². The van der Waals surface area contributed by atoms with Crippen LogP contribution in [-0.4, -0.2) is 4.98 Å². The number of benzene rings is 2. The summed E-state index contributed by atoms with van der Waals surface area (Å²) in [6.45, 7) is 0.166. The predicted molar refractivity (Wildman–Crippen MR) is 69.2 cm³/mol. The topological polar surface area (TPSA) is 61.3 Å². The van der Waals surface area contributed by atoms with E-state index in [2.05, 4.69) is 4.98 Å². The molecule has 0 unspecified atom stereocenters. The van der Waals surface area contributed by atoms with Crippen molar-refractivity contribution in [3.63, 3.8) is 0 Å². The second-order valence-corrected chi connectivity index (χ2v) is 4.08. The normalized spacial score (nSPS) is 10.8. The highest BCUT2D eigenvalue weighted by atomic mass is 19.1. The van der Waals surface area contributed by atoms with Crippen molar-refractivity contribution in [2.45, 2.75) is 6.61 Å². The largest absolute Gasteiger partial charge is 0.484 e. The first kappa shape index (κ1) is 11.5. The van der Waals surface area contributed by atoms with Gasteiger partial charge in [0.05, 0.1) is 0 Å². The Kier molecular flexibility index (Phi) is 2.79. The van der Waals surface area contributed by atoms with Crippen molar-refractivity contribution in [2.24, 2.45) is 0 Å². The van der Waals surface area contributed by atoms with E-state index in [1.807, 2.05) is 0 Å². The number of oxazole rings is 1. The maximum atomic E-state index is 13.0. The number of fused-ring (bicyclic) bond motifs is 1. The molecule has 0 spiro atoms. The highest BCUT2D eigenvalue weighted by Crippen LogP contribution is 2.19. The van der Waals surface area contributed by atoms with Crippen LogP contribution in [0.5, 0.6) is 5.75 Å². The molecular weight excluding hydrogens is 247 g/mol. The molecule has 4 nitrogen and oxygen atoms in total. The molecular formula is C14H11FN2O2. The van der Waals surface area contributed by atoms with Gasteiger partial charge in [-0.2, -0.15) is 0 Å². The van der Waals surface area contributed by atoms with Crippen molar-refractivity contribution in [1.82, 2.24) is 4.98 Å². The van der Waals surface area contributed by atoms with E-state index in [0.717, 1.165) is 0 Å². The molecule has 3 aromatic rings. The van der Waals surface area contributed by atoms with Gasteiger partial charge < -0.3 is 14.9 Å². The van der Waals surface area contributed by atoms with Gasteiger partial charge in [0.15, 0.2) is 12.2 Å². The van der Waals surface area contributed by atoms with Gasteiger partial charge >= 0.3 is 0 Å². The summed E-state index contributed by atoms with van der Waals surface area (Å²) < 4.78 is 23.9. The Morgan fingerprint density at radius 2 is 2.11 bits per heavy atom. The van der Waals surface area contributed by atoms with Crippen LogP contribution < -0.4 is 10.5 Å². The van der Waals surface area contributed by atoms with E-state index < -0.39 is 0 Å². The zero-order chi connectivity index (χ0) is 13.2. The highest BCUT2D eigenvalue weighted by molar-refractivity contribution is 5.72. The van der Waals surface area contributed by atoms with Gasteiger partial charge in [0.1, 0.15) is 17.1 Å². The van der Waals surface area contributed by atoms with Crippen molar-refractivity contribution < 1.29 is 13.5 Å². The van der Waals surface area contributed by atoms with Gasteiger partial charge in [-0.05, 0) is 24.3 Å². The molecule has 2 aromatic carbocycles. The van der Waals surface area contributed by atoms with Gasteiger partial charge in [0.2, 0.25) is 5.89 Å². The molecule has 1 aromatic heterocycles. The molecule has 0 fully saturated rings. The zero-order valence-electron chi connectivity index (χ0n) is 9.97. The first-order chi connectivity index (χ1) is 9.20. The lowest BCUT2D eigenvalue weighted by Gasteiger charge is -2.03. The summed E-state index contributed by atoms with van der Waals surface area (Å²) in [4.78, 5) is 4.20. The average Bonchev–Trinajstić information content (AvgIpc) is 2.78.